The first-order chi connectivity index (χ1) is 0. The van der Waals surface area contributed by atoms with Gasteiger partial charge in [0, 0.05) is 0 Å². The van der Waals surface area contributed by atoms with E-state index in [1.807, 2.05) is 0 Å². The summed E-state index contributed by atoms with van der Waals surface area (Å²) in [6.45, 7) is 0. The Morgan fingerprint density at radius 1 is 0.130 bits per heavy atom. The van der Waals surface area contributed by atoms with Gasteiger partial charge in [0.05, 0.1) is 0 Å². The van der Waals surface area contributed by atoms with E-state index in [-0.39, 0.29) is 585 Å². The number of hydrogen-bond donors (Lipinski definition) is 0. The second-order valence-corrected chi connectivity index (χ2v) is 0. The van der Waals surface area contributed by atoms with Gasteiger partial charge in [0.15, 0.2) is 0 Å². The van der Waals surface area contributed by atoms with Crippen LogP contribution >= 0.6 is 0 Å². The van der Waals surface area contributed by atoms with Crippen molar-refractivity contribution in [2.45, 2.75) is 0 Å². The topological polar surface area (TPSA) is 158 Å². The van der Waals surface area contributed by atoms with Crippen molar-refractivity contribution in [3.05, 3.63) is 0 Å². The summed E-state index contributed by atoms with van der Waals surface area (Å²) in [5.74, 6) is 0. The molecule has 0 aromatic rings. The quantitative estimate of drug-likeness (QED) is 0.277. The van der Waals surface area contributed by atoms with Crippen LogP contribution in [0.5, 0.6) is 0 Å². The van der Waals surface area contributed by atoms with E-state index >= 15 is 0 Å². The van der Waals surface area contributed by atoms with E-state index in [9.17, 15) is 0 Å². The Kier molecular flexibility index (Phi) is 1680. The van der Waals surface area contributed by atoms with Gasteiger partial charge in [-0.15, -0.1) is 0 Å². The molecule has 0 spiro atoms. The molecular formula is H28Na18O5. The first kappa shape index (κ1) is 204. The van der Waals surface area contributed by atoms with E-state index < -0.39 is 0 Å². The van der Waals surface area contributed by atoms with Gasteiger partial charge in [-0.2, -0.15) is 0 Å². The minimum Gasteiger partial charge on any atom is -1.00 e. The van der Waals surface area contributed by atoms with Gasteiger partial charge in [-0.3, -0.25) is 0 Å². The maximum atomic E-state index is 0. The van der Waals surface area contributed by atoms with Crippen molar-refractivity contribution in [1.29, 1.82) is 0 Å². The summed E-state index contributed by atoms with van der Waals surface area (Å²) in [7, 11) is 0. The van der Waals surface area contributed by atoms with Crippen LogP contribution in [0.3, 0.4) is 0 Å². The molecule has 5 nitrogen and oxygen atoms in total. The molecule has 23 heavy (non-hydrogen) atoms. The molecule has 0 saturated heterocycles. The second-order valence-electron chi connectivity index (χ2n) is 0. The molecule has 0 aliphatic heterocycles. The van der Waals surface area contributed by atoms with E-state index in [1.165, 1.54) is 0 Å². The van der Waals surface area contributed by atoms with Crippen molar-refractivity contribution in [3.8, 4) is 0 Å². The molecule has 23 heteroatoms. The molecule has 0 amide bonds. The summed E-state index contributed by atoms with van der Waals surface area (Å²) < 4.78 is 0. The van der Waals surface area contributed by atoms with Crippen LogP contribution in [-0.2, 0) is 0 Å². The van der Waals surface area contributed by atoms with E-state index in [0.29, 0.717) is 0 Å². The second kappa shape index (κ2) is 189. The molecule has 0 bridgehead atoms. The van der Waals surface area contributed by atoms with Gasteiger partial charge in [-0.05, 0) is 0 Å². The van der Waals surface area contributed by atoms with Crippen LogP contribution in [0.15, 0.2) is 0 Å². The summed E-state index contributed by atoms with van der Waals surface area (Å²) in [4.78, 5) is 0. The van der Waals surface area contributed by atoms with Crippen LogP contribution in [0.25, 0.3) is 0 Å². The molecule has 0 aromatic heterocycles. The Morgan fingerprint density at radius 2 is 0.130 bits per heavy atom. The summed E-state index contributed by atoms with van der Waals surface area (Å²) in [6, 6.07) is 0. The molecule has 0 radical (unpaired) electrons. The van der Waals surface area contributed by atoms with Crippen molar-refractivity contribution < 1.29 is 585 Å². The Bertz CT molecular complexity index is 57.9. The first-order valence-corrected chi connectivity index (χ1v) is 0. The Labute approximate surface area is 567 Å². The molecule has 0 fully saturated rings. The molecule has 0 aliphatic rings. The summed E-state index contributed by atoms with van der Waals surface area (Å²) in [5.41, 5.74) is 0. The van der Waals surface area contributed by atoms with E-state index in [1.54, 1.807) is 0 Å². The van der Waals surface area contributed by atoms with Gasteiger partial charge in [-0.1, -0.05) is 0 Å². The Hall–Kier alpha value is 17.8. The molecule has 0 aliphatic carbocycles. The maximum absolute atomic E-state index is 0. The standard InChI is InChI=1S/18Na.5H2O.18H/h;;;;;;;;;;;;;;;;;;5*1H2;;;;;;;;;;;;;;;;;;/q18*+1;;;;;;18*-1. The SMILES string of the molecule is O.O.O.O.O.[H-].[H-].[H-].[H-].[H-].[H-].[H-].[H-].[H-].[H-].[H-].[H-].[H-].[H-].[H-].[H-].[H-].[H-].[Na+].[Na+].[Na+].[Na+].[Na+].[Na+].[Na+].[Na+].[Na+].[Na+].[Na+].[Na+].[Na+].[Na+].[Na+].[Na+].[Na+].[Na+]. The van der Waals surface area contributed by atoms with E-state index in [4.69, 9.17) is 0 Å². The van der Waals surface area contributed by atoms with Crippen LogP contribution < -0.4 is 532 Å². The molecule has 0 unspecified atom stereocenters. The molecule has 10 N–H and O–H groups in total. The van der Waals surface area contributed by atoms with Gasteiger partial charge in [0.2, 0.25) is 0 Å². The summed E-state index contributed by atoms with van der Waals surface area (Å²) in [5, 5.41) is 0. The molecule has 0 saturated carbocycles. The zero-order valence-electron chi connectivity index (χ0n) is 38.5. The average molecular weight is 522 g/mol. The normalized spacial score (nSPS) is 0. The predicted molar refractivity (Wildman–Crippen MR) is 38.1 cm³/mol. The smallest absolute Gasteiger partial charge is 1.00 e. The van der Waals surface area contributed by atoms with Gasteiger partial charge in [-0.25, -0.2) is 0 Å². The minimum atomic E-state index is 0. The van der Waals surface area contributed by atoms with Crippen molar-refractivity contribution >= 4 is 0 Å². The fourth-order valence-corrected chi connectivity index (χ4v) is 0. The zero-order valence-corrected chi connectivity index (χ0v) is 56.5. The maximum Gasteiger partial charge on any atom is 1.00 e. The first-order valence-electron chi connectivity index (χ1n) is 0. The Morgan fingerprint density at radius 3 is 0.130 bits per heavy atom. The number of hydrogen-bond acceptors (Lipinski definition) is 0. The van der Waals surface area contributed by atoms with Crippen LogP contribution in [0, 0.1) is 0 Å². The van der Waals surface area contributed by atoms with Crippen LogP contribution in [0.1, 0.15) is 25.7 Å². The fourth-order valence-electron chi connectivity index (χ4n) is 0. The van der Waals surface area contributed by atoms with E-state index in [0.717, 1.165) is 0 Å². The summed E-state index contributed by atoms with van der Waals surface area (Å²) in [6.07, 6.45) is 0. The largest absolute Gasteiger partial charge is 1.00 e. The van der Waals surface area contributed by atoms with E-state index in [2.05, 4.69) is 0 Å². The molecular weight excluding hydrogens is 494 g/mol. The van der Waals surface area contributed by atoms with Gasteiger partial charge in [0.1, 0.15) is 0 Å². The molecule has 0 heterocycles. The zero-order chi connectivity index (χ0) is 0. The van der Waals surface area contributed by atoms with Gasteiger partial charge in [0.25, 0.3) is 0 Å². The van der Waals surface area contributed by atoms with Crippen molar-refractivity contribution in [2.24, 2.45) is 0 Å². The van der Waals surface area contributed by atoms with Crippen molar-refractivity contribution in [1.82, 2.24) is 0 Å². The Balaban J connectivity index is 0. The monoisotopic (exact) mass is 522 g/mol. The van der Waals surface area contributed by atoms with Gasteiger partial charge < -0.3 is 53.1 Å². The minimum absolute atomic E-state index is 0. The fraction of sp³-hybridized carbons (Fsp3) is 0. The van der Waals surface area contributed by atoms with Crippen LogP contribution in [-0.4, -0.2) is 27.4 Å². The third kappa shape index (κ3) is 179. The van der Waals surface area contributed by atoms with Crippen LogP contribution in [0.4, 0.5) is 0 Å². The summed E-state index contributed by atoms with van der Waals surface area (Å²) >= 11 is 0. The molecule has 0 aromatic carbocycles. The van der Waals surface area contributed by atoms with Crippen LogP contribution in [0.2, 0.25) is 0 Å². The van der Waals surface area contributed by atoms with Crippen molar-refractivity contribution in [3.63, 3.8) is 0 Å². The third-order valence-corrected chi connectivity index (χ3v) is 0. The molecule has 0 atom stereocenters. The van der Waals surface area contributed by atoms with Crippen molar-refractivity contribution in [2.75, 3.05) is 0 Å². The van der Waals surface area contributed by atoms with Gasteiger partial charge >= 0.3 is 532 Å². The predicted octanol–water partition coefficient (Wildman–Crippen LogP) is -56.0. The number of rotatable bonds is 0. The third-order valence-electron chi connectivity index (χ3n) is 0. The molecule has 76 valence electrons. The average Bonchev–Trinajstić information content (AvgIpc) is 0. The molecule has 0 rings (SSSR count).